The van der Waals surface area contributed by atoms with E-state index in [1.807, 2.05) is 25.3 Å². The van der Waals surface area contributed by atoms with Crippen molar-refractivity contribution in [1.82, 2.24) is 24.8 Å². The minimum Gasteiger partial charge on any atom is -0.331 e. The molecule has 2 aliphatic heterocycles. The van der Waals surface area contributed by atoms with Gasteiger partial charge in [-0.2, -0.15) is 9.47 Å². The van der Waals surface area contributed by atoms with Crippen LogP contribution in [0.4, 0.5) is 5.00 Å². The van der Waals surface area contributed by atoms with Gasteiger partial charge in [-0.25, -0.2) is 4.99 Å². The molecule has 0 bridgehead atoms. The van der Waals surface area contributed by atoms with Crippen molar-refractivity contribution in [3.05, 3.63) is 40.9 Å². The van der Waals surface area contributed by atoms with Gasteiger partial charge in [-0.15, -0.1) is 11.8 Å². The van der Waals surface area contributed by atoms with Gasteiger partial charge in [-0.05, 0) is 43.8 Å². The standard InChI is InChI=1S/C15H17N7S2/c1-8-6-11(24-21-8)18-14-15-17-9(2)13(10-4-5-16-20-10)22(15)7-12(19-14)23-3/h4-7,9,13H,1-3H3,(H,16,20)(H,18,19). The Bertz CT molecular complexity index is 834. The molecule has 24 heavy (non-hydrogen) atoms. The number of nitrogens with zero attached hydrogens (tertiary/aromatic N) is 5. The number of amidine groups is 2. The van der Waals surface area contributed by atoms with E-state index in [9.17, 15) is 0 Å². The fourth-order valence-corrected chi connectivity index (χ4v) is 3.95. The highest BCUT2D eigenvalue weighted by Crippen LogP contribution is 2.35. The van der Waals surface area contributed by atoms with Crippen molar-refractivity contribution in [3.8, 4) is 0 Å². The second-order valence-corrected chi connectivity index (χ2v) is 7.28. The lowest BCUT2D eigenvalue weighted by Crippen LogP contribution is -2.43. The number of thioether (sulfide) groups is 1. The predicted molar refractivity (Wildman–Crippen MR) is 98.7 cm³/mol. The van der Waals surface area contributed by atoms with Gasteiger partial charge in [-0.1, -0.05) is 0 Å². The zero-order valence-corrected chi connectivity index (χ0v) is 15.1. The molecule has 0 radical (unpaired) electrons. The Morgan fingerprint density at radius 1 is 1.42 bits per heavy atom. The van der Waals surface area contributed by atoms with Crippen LogP contribution >= 0.6 is 23.3 Å². The first-order valence-electron chi connectivity index (χ1n) is 7.56. The van der Waals surface area contributed by atoms with E-state index in [2.05, 4.69) is 37.9 Å². The summed E-state index contributed by atoms with van der Waals surface area (Å²) in [5.41, 5.74) is 2.03. The van der Waals surface area contributed by atoms with Crippen molar-refractivity contribution in [1.29, 1.82) is 0 Å². The molecule has 4 rings (SSSR count). The van der Waals surface area contributed by atoms with Crippen LogP contribution in [0.15, 0.2) is 39.5 Å². The molecule has 2 aromatic rings. The molecular weight excluding hydrogens is 342 g/mol. The van der Waals surface area contributed by atoms with Gasteiger partial charge in [0.25, 0.3) is 0 Å². The number of rotatable bonds is 3. The van der Waals surface area contributed by atoms with E-state index >= 15 is 0 Å². The average molecular weight is 359 g/mol. The molecule has 7 nitrogen and oxygen atoms in total. The van der Waals surface area contributed by atoms with Crippen molar-refractivity contribution in [3.63, 3.8) is 0 Å². The molecule has 2 aliphatic rings. The van der Waals surface area contributed by atoms with E-state index < -0.39 is 0 Å². The summed E-state index contributed by atoms with van der Waals surface area (Å²) in [6.45, 7) is 4.08. The lowest BCUT2D eigenvalue weighted by Gasteiger charge is -2.30. The first-order valence-corrected chi connectivity index (χ1v) is 9.56. The molecule has 0 spiro atoms. The topological polar surface area (TPSA) is 81.6 Å². The van der Waals surface area contributed by atoms with E-state index in [1.165, 1.54) is 11.5 Å². The molecule has 2 aromatic heterocycles. The molecule has 0 amide bonds. The maximum atomic E-state index is 4.83. The third-order valence-corrected chi connectivity index (χ3v) is 5.36. The maximum Gasteiger partial charge on any atom is 0.175 e. The summed E-state index contributed by atoms with van der Waals surface area (Å²) in [7, 11) is 0. The van der Waals surface area contributed by atoms with E-state index in [0.29, 0.717) is 0 Å². The quantitative estimate of drug-likeness (QED) is 0.881. The lowest BCUT2D eigenvalue weighted by molar-refractivity contribution is 0.393. The second-order valence-electron chi connectivity index (χ2n) is 5.65. The van der Waals surface area contributed by atoms with Gasteiger partial charge in [0.05, 0.1) is 28.5 Å². The van der Waals surface area contributed by atoms with Crippen molar-refractivity contribution in [2.75, 3.05) is 6.26 Å². The lowest BCUT2D eigenvalue weighted by atomic mass is 10.1. The summed E-state index contributed by atoms with van der Waals surface area (Å²) >= 11 is 3.04. The molecule has 0 saturated carbocycles. The summed E-state index contributed by atoms with van der Waals surface area (Å²) in [6, 6.07) is 4.18. The van der Waals surface area contributed by atoms with Gasteiger partial charge in [0.1, 0.15) is 5.00 Å². The number of hydrogen-bond acceptors (Lipinski definition) is 7. The highest BCUT2D eigenvalue weighted by atomic mass is 32.2. The normalized spacial score (nSPS) is 24.6. The van der Waals surface area contributed by atoms with Gasteiger partial charge in [0.2, 0.25) is 0 Å². The molecule has 9 heteroatoms. The Hall–Kier alpha value is -2.13. The minimum absolute atomic E-state index is 0.0974. The average Bonchev–Trinajstić information content (AvgIpc) is 3.27. The van der Waals surface area contributed by atoms with Gasteiger partial charge in [-0.3, -0.25) is 10.1 Å². The van der Waals surface area contributed by atoms with Crippen LogP contribution in [0.5, 0.6) is 0 Å². The van der Waals surface area contributed by atoms with E-state index in [1.54, 1.807) is 18.0 Å². The largest absolute Gasteiger partial charge is 0.331 e. The maximum absolute atomic E-state index is 4.83. The minimum atomic E-state index is 0.0974. The van der Waals surface area contributed by atoms with Gasteiger partial charge < -0.3 is 10.2 Å². The van der Waals surface area contributed by atoms with Crippen molar-refractivity contribution in [2.45, 2.75) is 25.9 Å². The van der Waals surface area contributed by atoms with Crippen LogP contribution in [0.25, 0.3) is 0 Å². The Labute approximate surface area is 148 Å². The molecule has 2 unspecified atom stereocenters. The third kappa shape index (κ3) is 2.63. The zero-order chi connectivity index (χ0) is 16.7. The number of H-pyrrole nitrogens is 1. The summed E-state index contributed by atoms with van der Waals surface area (Å²) < 4.78 is 4.30. The van der Waals surface area contributed by atoms with Crippen molar-refractivity contribution < 1.29 is 0 Å². The number of nitrogens with one attached hydrogen (secondary N) is 2. The molecule has 0 saturated heterocycles. The Balaban J connectivity index is 1.75. The Morgan fingerprint density at radius 2 is 2.29 bits per heavy atom. The van der Waals surface area contributed by atoms with E-state index in [-0.39, 0.29) is 12.1 Å². The number of fused-ring (bicyclic) bond motifs is 1. The number of hydrogen-bond donors (Lipinski definition) is 2. The molecule has 124 valence electrons. The summed E-state index contributed by atoms with van der Waals surface area (Å²) in [4.78, 5) is 11.7. The molecule has 0 aliphatic carbocycles. The van der Waals surface area contributed by atoms with Gasteiger partial charge in [0.15, 0.2) is 11.7 Å². The monoisotopic (exact) mass is 359 g/mol. The van der Waals surface area contributed by atoms with E-state index in [0.717, 1.165) is 33.1 Å². The van der Waals surface area contributed by atoms with Crippen LogP contribution in [-0.4, -0.2) is 43.4 Å². The first kappa shape index (κ1) is 15.4. The molecule has 4 heterocycles. The highest BCUT2D eigenvalue weighted by Gasteiger charge is 2.39. The van der Waals surface area contributed by atoms with Crippen LogP contribution in [0.3, 0.4) is 0 Å². The molecular formula is C15H17N7S2. The van der Waals surface area contributed by atoms with Crippen molar-refractivity contribution in [2.24, 2.45) is 9.98 Å². The first-order chi connectivity index (χ1) is 11.7. The second kappa shape index (κ2) is 6.06. The van der Waals surface area contributed by atoms with E-state index in [4.69, 9.17) is 9.98 Å². The number of aromatic amines is 1. The van der Waals surface area contributed by atoms with Gasteiger partial charge in [0, 0.05) is 12.4 Å². The SMILES string of the molecule is CSC1=CN2C(=NC(C)C2c2ccn[nH]2)C(=Nc2cc(C)ns2)N1. The summed E-state index contributed by atoms with van der Waals surface area (Å²) in [6.07, 6.45) is 5.91. The highest BCUT2D eigenvalue weighted by molar-refractivity contribution is 8.02. The fraction of sp³-hybridized carbons (Fsp3) is 0.333. The smallest absolute Gasteiger partial charge is 0.175 e. The number of aryl methyl sites for hydroxylation is 1. The van der Waals surface area contributed by atoms with Crippen molar-refractivity contribution >= 4 is 40.0 Å². The zero-order valence-electron chi connectivity index (χ0n) is 13.5. The van der Waals surface area contributed by atoms with Crippen LogP contribution < -0.4 is 5.32 Å². The summed E-state index contributed by atoms with van der Waals surface area (Å²) in [5.74, 6) is 1.62. The van der Waals surface area contributed by atoms with Crippen LogP contribution in [0.1, 0.15) is 24.4 Å². The fourth-order valence-electron chi connectivity index (χ4n) is 2.89. The third-order valence-electron chi connectivity index (χ3n) is 3.94. The Morgan fingerprint density at radius 3 is 2.96 bits per heavy atom. The molecule has 2 atom stereocenters. The predicted octanol–water partition coefficient (Wildman–Crippen LogP) is 2.81. The van der Waals surface area contributed by atoms with Crippen LogP contribution in [0.2, 0.25) is 0 Å². The Kier molecular flexibility index (Phi) is 3.89. The number of aromatic nitrogens is 3. The van der Waals surface area contributed by atoms with Crippen LogP contribution in [-0.2, 0) is 0 Å². The number of aliphatic imine (C=N–C) groups is 2. The van der Waals surface area contributed by atoms with Crippen LogP contribution in [0, 0.1) is 6.92 Å². The molecule has 2 N–H and O–H groups in total. The molecule has 0 fully saturated rings. The van der Waals surface area contributed by atoms with Gasteiger partial charge >= 0.3 is 0 Å². The molecule has 0 aromatic carbocycles. The summed E-state index contributed by atoms with van der Waals surface area (Å²) in [5, 5.41) is 12.4.